The zero-order valence-corrected chi connectivity index (χ0v) is 23.4. The minimum absolute atomic E-state index is 0.0357. The van der Waals surface area contributed by atoms with Gasteiger partial charge in [0.05, 0.1) is 23.2 Å². The summed E-state index contributed by atoms with van der Waals surface area (Å²) in [4.78, 5) is 4.54. The molecule has 0 aromatic heterocycles. The SMILES string of the molecule is CN1CCOc2cc(S(=O)(=O)NC[C@@H]3CCC(c4ccc(Cl)cc4Cl)N(c4ccc(Cl)cc4)C3)ccc21. The molecule has 37 heavy (non-hydrogen) atoms. The maximum Gasteiger partial charge on any atom is 0.240 e. The van der Waals surface area contributed by atoms with Gasteiger partial charge in [0.15, 0.2) is 0 Å². The van der Waals surface area contributed by atoms with Gasteiger partial charge in [-0.1, -0.05) is 40.9 Å². The highest BCUT2D eigenvalue weighted by atomic mass is 35.5. The smallest absolute Gasteiger partial charge is 0.240 e. The number of nitrogens with one attached hydrogen (secondary N) is 1. The van der Waals surface area contributed by atoms with Crippen LogP contribution in [0.3, 0.4) is 0 Å². The molecule has 0 bridgehead atoms. The van der Waals surface area contributed by atoms with E-state index in [2.05, 4.69) is 14.5 Å². The van der Waals surface area contributed by atoms with Crippen LogP contribution in [-0.2, 0) is 10.0 Å². The predicted molar refractivity (Wildman–Crippen MR) is 151 cm³/mol. The van der Waals surface area contributed by atoms with Crippen molar-refractivity contribution >= 4 is 56.2 Å². The number of ether oxygens (including phenoxy) is 1. The lowest BCUT2D eigenvalue weighted by Gasteiger charge is -2.42. The molecule has 1 saturated heterocycles. The Morgan fingerprint density at radius 2 is 1.73 bits per heavy atom. The van der Waals surface area contributed by atoms with Crippen molar-refractivity contribution in [2.75, 3.05) is 43.1 Å². The average Bonchev–Trinajstić information content (AvgIpc) is 2.88. The van der Waals surface area contributed by atoms with E-state index in [0.29, 0.717) is 40.5 Å². The fourth-order valence-electron chi connectivity index (χ4n) is 5.04. The first-order chi connectivity index (χ1) is 17.7. The normalized spacial score (nSPS) is 19.9. The summed E-state index contributed by atoms with van der Waals surface area (Å²) < 4.78 is 34.8. The molecule has 1 fully saturated rings. The van der Waals surface area contributed by atoms with Crippen LogP contribution in [0.5, 0.6) is 5.75 Å². The van der Waals surface area contributed by atoms with Crippen LogP contribution < -0.4 is 19.3 Å². The zero-order valence-electron chi connectivity index (χ0n) is 20.3. The van der Waals surface area contributed by atoms with Crippen LogP contribution in [0.25, 0.3) is 0 Å². The molecule has 6 nitrogen and oxygen atoms in total. The average molecular weight is 581 g/mol. The van der Waals surface area contributed by atoms with E-state index in [1.807, 2.05) is 43.4 Å². The van der Waals surface area contributed by atoms with E-state index in [-0.39, 0.29) is 16.9 Å². The van der Waals surface area contributed by atoms with E-state index < -0.39 is 10.0 Å². The van der Waals surface area contributed by atoms with Crippen LogP contribution in [0, 0.1) is 5.92 Å². The van der Waals surface area contributed by atoms with Crippen molar-refractivity contribution in [3.05, 3.63) is 81.3 Å². The number of piperidine rings is 1. The molecule has 10 heteroatoms. The quantitative estimate of drug-likeness (QED) is 0.365. The van der Waals surface area contributed by atoms with Crippen LogP contribution >= 0.6 is 34.8 Å². The maximum absolute atomic E-state index is 13.2. The van der Waals surface area contributed by atoms with Crippen molar-refractivity contribution in [3.63, 3.8) is 0 Å². The van der Waals surface area contributed by atoms with Gasteiger partial charge in [0.1, 0.15) is 12.4 Å². The van der Waals surface area contributed by atoms with Gasteiger partial charge in [-0.05, 0) is 72.9 Å². The number of fused-ring (bicyclic) bond motifs is 1. The summed E-state index contributed by atoms with van der Waals surface area (Å²) in [7, 11) is -1.73. The molecule has 0 radical (unpaired) electrons. The van der Waals surface area contributed by atoms with Gasteiger partial charge in [-0.25, -0.2) is 13.1 Å². The van der Waals surface area contributed by atoms with Crippen molar-refractivity contribution in [2.45, 2.75) is 23.8 Å². The number of nitrogens with zero attached hydrogens (tertiary/aromatic N) is 2. The lowest BCUT2D eigenvalue weighted by Crippen LogP contribution is -2.42. The van der Waals surface area contributed by atoms with E-state index in [1.54, 1.807) is 24.3 Å². The van der Waals surface area contributed by atoms with Crippen LogP contribution in [-0.4, -0.2) is 41.7 Å². The Hall–Kier alpha value is -2.16. The van der Waals surface area contributed by atoms with E-state index >= 15 is 0 Å². The summed E-state index contributed by atoms with van der Waals surface area (Å²) in [5, 5.41) is 1.87. The van der Waals surface area contributed by atoms with Crippen LogP contribution in [0.1, 0.15) is 24.4 Å². The fraction of sp³-hybridized carbons (Fsp3) is 0.333. The minimum atomic E-state index is -3.70. The summed E-state index contributed by atoms with van der Waals surface area (Å²) in [6.07, 6.45) is 1.66. The first kappa shape index (κ1) is 26.4. The van der Waals surface area contributed by atoms with Gasteiger partial charge in [-0.15, -0.1) is 0 Å². The Morgan fingerprint density at radius 3 is 2.49 bits per heavy atom. The largest absolute Gasteiger partial charge is 0.490 e. The van der Waals surface area contributed by atoms with Crippen molar-refractivity contribution < 1.29 is 13.2 Å². The van der Waals surface area contributed by atoms with E-state index in [9.17, 15) is 8.42 Å². The van der Waals surface area contributed by atoms with Gasteiger partial charge in [0.2, 0.25) is 10.0 Å². The number of hydrogen-bond acceptors (Lipinski definition) is 5. The number of rotatable bonds is 6. The third kappa shape index (κ3) is 5.81. The maximum atomic E-state index is 13.2. The molecule has 196 valence electrons. The molecule has 0 amide bonds. The summed E-state index contributed by atoms with van der Waals surface area (Å²) in [5.41, 5.74) is 2.89. The second-order valence-electron chi connectivity index (χ2n) is 9.51. The topological polar surface area (TPSA) is 61.9 Å². The summed E-state index contributed by atoms with van der Waals surface area (Å²) in [6.45, 7) is 2.28. The number of hydrogen-bond donors (Lipinski definition) is 1. The molecule has 2 aliphatic heterocycles. The molecule has 1 N–H and O–H groups in total. The molecule has 0 saturated carbocycles. The number of likely N-dealkylation sites (N-methyl/N-ethyl adjacent to an activating group) is 1. The number of benzene rings is 3. The standard InChI is InChI=1S/C27H28Cl3N3O3S/c1-32-12-13-36-27-15-22(8-11-26(27)32)37(34,35)31-16-18-2-10-25(23-9-5-20(29)14-24(23)30)33(17-18)21-6-3-19(28)4-7-21/h3-9,11,14-15,18,25,31H,2,10,12-13,16-17H2,1H3/t18-,25?/m0/s1. The van der Waals surface area contributed by atoms with E-state index in [0.717, 1.165) is 36.3 Å². The van der Waals surface area contributed by atoms with Gasteiger partial charge in [-0.3, -0.25) is 0 Å². The lowest BCUT2D eigenvalue weighted by atomic mass is 9.88. The second kappa shape index (κ2) is 10.9. The van der Waals surface area contributed by atoms with Crippen LogP contribution in [0.2, 0.25) is 15.1 Å². The molecular formula is C27H28Cl3N3O3S. The van der Waals surface area contributed by atoms with Gasteiger partial charge < -0.3 is 14.5 Å². The van der Waals surface area contributed by atoms with Gasteiger partial charge in [0, 0.05) is 47.0 Å². The monoisotopic (exact) mass is 579 g/mol. The lowest BCUT2D eigenvalue weighted by molar-refractivity contribution is 0.310. The number of halogens is 3. The third-order valence-electron chi connectivity index (χ3n) is 7.06. The molecule has 5 rings (SSSR count). The molecule has 2 aliphatic rings. The Morgan fingerprint density at radius 1 is 0.973 bits per heavy atom. The molecular weight excluding hydrogens is 553 g/mol. The molecule has 2 atom stereocenters. The summed E-state index contributed by atoms with van der Waals surface area (Å²) in [6, 6.07) is 18.3. The Bertz CT molecular complexity index is 1390. The van der Waals surface area contributed by atoms with Crippen molar-refractivity contribution in [1.29, 1.82) is 0 Å². The minimum Gasteiger partial charge on any atom is -0.490 e. The highest BCUT2D eigenvalue weighted by molar-refractivity contribution is 7.89. The Balaban J connectivity index is 1.34. The van der Waals surface area contributed by atoms with E-state index in [4.69, 9.17) is 39.5 Å². The fourth-order valence-corrected chi connectivity index (χ4v) is 6.83. The highest BCUT2D eigenvalue weighted by Crippen LogP contribution is 2.40. The van der Waals surface area contributed by atoms with Crippen molar-refractivity contribution in [3.8, 4) is 5.75 Å². The Kier molecular flexibility index (Phi) is 7.80. The van der Waals surface area contributed by atoms with Gasteiger partial charge >= 0.3 is 0 Å². The molecule has 3 aromatic rings. The molecule has 1 unspecified atom stereocenters. The van der Waals surface area contributed by atoms with Crippen LogP contribution in [0.4, 0.5) is 11.4 Å². The molecule has 2 heterocycles. The van der Waals surface area contributed by atoms with E-state index in [1.165, 1.54) is 0 Å². The van der Waals surface area contributed by atoms with Crippen molar-refractivity contribution in [2.24, 2.45) is 5.92 Å². The van der Waals surface area contributed by atoms with Crippen LogP contribution in [0.15, 0.2) is 65.6 Å². The second-order valence-corrected chi connectivity index (χ2v) is 12.6. The molecule has 3 aromatic carbocycles. The molecule has 0 aliphatic carbocycles. The summed E-state index contributed by atoms with van der Waals surface area (Å²) >= 11 is 18.9. The zero-order chi connectivity index (χ0) is 26.2. The van der Waals surface area contributed by atoms with Crippen molar-refractivity contribution in [1.82, 2.24) is 4.72 Å². The number of anilines is 2. The third-order valence-corrected chi connectivity index (χ3v) is 9.29. The highest BCUT2D eigenvalue weighted by Gasteiger charge is 2.32. The van der Waals surface area contributed by atoms with Gasteiger partial charge in [0.25, 0.3) is 0 Å². The predicted octanol–water partition coefficient (Wildman–Crippen LogP) is 6.41. The Labute approximate surface area is 233 Å². The summed E-state index contributed by atoms with van der Waals surface area (Å²) in [5.74, 6) is 0.693. The number of sulfonamides is 1. The van der Waals surface area contributed by atoms with Gasteiger partial charge in [-0.2, -0.15) is 0 Å². The molecule has 0 spiro atoms. The first-order valence-corrected chi connectivity index (χ1v) is 14.8. The first-order valence-electron chi connectivity index (χ1n) is 12.2.